The molecule has 0 fully saturated rings. The van der Waals surface area contributed by atoms with Crippen molar-refractivity contribution in [2.24, 2.45) is 0 Å². The lowest BCUT2D eigenvalue weighted by Gasteiger charge is -2.17. The number of hydrogen-bond acceptors (Lipinski definition) is 3. The van der Waals surface area contributed by atoms with Crippen LogP contribution in [0.4, 0.5) is 5.69 Å². The first kappa shape index (κ1) is 28.5. The summed E-state index contributed by atoms with van der Waals surface area (Å²) in [5, 5.41) is 6.37. The first-order valence-electron chi connectivity index (χ1n) is 17.2. The molecule has 2 atom stereocenters. The molecule has 1 N–H and O–H groups in total. The fourth-order valence-corrected chi connectivity index (χ4v) is 7.79. The Morgan fingerprint density at radius 1 is 0.520 bits per heavy atom. The van der Waals surface area contributed by atoms with Crippen LogP contribution in [0, 0.1) is 0 Å². The molecule has 2 aromatic heterocycles. The Kier molecular flexibility index (Phi) is 6.59. The van der Waals surface area contributed by atoms with E-state index in [9.17, 15) is 0 Å². The van der Waals surface area contributed by atoms with Gasteiger partial charge in [-0.15, -0.1) is 0 Å². The van der Waals surface area contributed by atoms with Crippen LogP contribution in [0.5, 0.6) is 0 Å². The van der Waals surface area contributed by atoms with Gasteiger partial charge in [-0.25, -0.2) is 9.97 Å². The van der Waals surface area contributed by atoms with E-state index in [1.165, 1.54) is 38.6 Å². The summed E-state index contributed by atoms with van der Waals surface area (Å²) >= 11 is 0. The molecule has 8 aromatic rings. The number of hydrogen-bond donors (Lipinski definition) is 1. The third-order valence-corrected chi connectivity index (χ3v) is 10.1. The second-order valence-electron chi connectivity index (χ2n) is 13.0. The van der Waals surface area contributed by atoms with Crippen LogP contribution in [-0.4, -0.2) is 20.6 Å². The van der Waals surface area contributed by atoms with Gasteiger partial charge in [0.05, 0.1) is 39.8 Å². The van der Waals surface area contributed by atoms with Gasteiger partial charge in [0.1, 0.15) is 0 Å². The molecule has 0 spiro atoms. The van der Waals surface area contributed by atoms with Crippen molar-refractivity contribution < 1.29 is 0 Å². The highest BCUT2D eigenvalue weighted by Crippen LogP contribution is 2.47. The zero-order valence-electron chi connectivity index (χ0n) is 27.2. The van der Waals surface area contributed by atoms with Crippen molar-refractivity contribution >= 4 is 27.5 Å². The van der Waals surface area contributed by atoms with Gasteiger partial charge >= 0.3 is 0 Å². The minimum atomic E-state index is 0.242. The van der Waals surface area contributed by atoms with E-state index in [1.54, 1.807) is 0 Å². The summed E-state index contributed by atoms with van der Waals surface area (Å²) in [6.45, 7) is 0. The number of allylic oxidation sites excluding steroid dienone is 2. The van der Waals surface area contributed by atoms with E-state index in [4.69, 9.17) is 9.97 Å². The van der Waals surface area contributed by atoms with Crippen LogP contribution in [0.15, 0.2) is 176 Å². The normalized spacial score (nSPS) is 16.0. The maximum Gasteiger partial charge on any atom is 0.160 e. The summed E-state index contributed by atoms with van der Waals surface area (Å²) in [5.74, 6) is 1.01. The molecule has 1 aliphatic heterocycles. The van der Waals surface area contributed by atoms with Gasteiger partial charge in [0.25, 0.3) is 0 Å². The van der Waals surface area contributed by atoms with Crippen molar-refractivity contribution in [3.63, 3.8) is 0 Å². The number of nitrogens with zero attached hydrogens (tertiary/aromatic N) is 3. The highest BCUT2D eigenvalue weighted by Gasteiger charge is 2.33. The Hall–Kier alpha value is -6.52. The van der Waals surface area contributed by atoms with Crippen LogP contribution < -0.4 is 5.32 Å². The van der Waals surface area contributed by atoms with E-state index >= 15 is 0 Å². The first-order valence-corrected chi connectivity index (χ1v) is 17.2. The van der Waals surface area contributed by atoms with Gasteiger partial charge in [0.15, 0.2) is 5.82 Å². The van der Waals surface area contributed by atoms with E-state index in [2.05, 4.69) is 168 Å². The second kappa shape index (κ2) is 11.6. The molecule has 2 aliphatic rings. The molecule has 0 bridgehead atoms. The lowest BCUT2D eigenvalue weighted by atomic mass is 9.91. The van der Waals surface area contributed by atoms with Gasteiger partial charge in [-0.3, -0.25) is 0 Å². The monoisotopic (exact) mass is 640 g/mol. The van der Waals surface area contributed by atoms with Crippen molar-refractivity contribution in [3.8, 4) is 50.7 Å². The molecule has 0 radical (unpaired) electrons. The maximum atomic E-state index is 5.28. The van der Waals surface area contributed by atoms with Gasteiger partial charge in [0, 0.05) is 33.4 Å². The summed E-state index contributed by atoms with van der Waals surface area (Å²) in [5.41, 5.74) is 13.1. The number of fused-ring (bicyclic) bond motifs is 7. The van der Waals surface area contributed by atoms with Crippen molar-refractivity contribution in [2.75, 3.05) is 5.32 Å². The molecule has 1 aliphatic carbocycles. The average molecular weight is 641 g/mol. The fourth-order valence-electron chi connectivity index (χ4n) is 7.79. The predicted molar refractivity (Wildman–Crippen MR) is 207 cm³/mol. The zero-order chi connectivity index (χ0) is 33.0. The molecular weight excluding hydrogens is 609 g/mol. The number of aromatic nitrogens is 3. The molecule has 0 saturated carbocycles. The van der Waals surface area contributed by atoms with E-state index in [1.807, 2.05) is 18.2 Å². The zero-order valence-corrected chi connectivity index (χ0v) is 27.2. The number of nitrogens with one attached hydrogen (secondary N) is 1. The molecule has 236 valence electrons. The van der Waals surface area contributed by atoms with Gasteiger partial charge in [0.2, 0.25) is 0 Å². The van der Waals surface area contributed by atoms with E-state index in [0.29, 0.717) is 11.7 Å². The maximum absolute atomic E-state index is 5.28. The highest BCUT2D eigenvalue weighted by molar-refractivity contribution is 6.14. The summed E-state index contributed by atoms with van der Waals surface area (Å²) in [4.78, 5) is 10.5. The Bertz CT molecular complexity index is 2630. The largest absolute Gasteiger partial charge is 0.376 e. The first-order chi connectivity index (χ1) is 24.8. The summed E-state index contributed by atoms with van der Waals surface area (Å²) in [6, 6.07) is 53.8. The third kappa shape index (κ3) is 4.61. The topological polar surface area (TPSA) is 42.7 Å². The molecular formula is C46H32N4. The Morgan fingerprint density at radius 2 is 1.22 bits per heavy atom. The minimum Gasteiger partial charge on any atom is -0.376 e. The molecule has 6 aromatic carbocycles. The van der Waals surface area contributed by atoms with Crippen LogP contribution in [0.3, 0.4) is 0 Å². The van der Waals surface area contributed by atoms with Gasteiger partial charge in [-0.2, -0.15) is 0 Å². The van der Waals surface area contributed by atoms with Crippen LogP contribution in [0.2, 0.25) is 0 Å². The third-order valence-electron chi connectivity index (χ3n) is 10.1. The number of para-hydroxylation sites is 2. The lowest BCUT2D eigenvalue weighted by molar-refractivity contribution is 0.805. The van der Waals surface area contributed by atoms with Gasteiger partial charge in [-0.05, 0) is 41.0 Å². The van der Waals surface area contributed by atoms with Crippen molar-refractivity contribution in [2.45, 2.75) is 12.0 Å². The summed E-state index contributed by atoms with van der Waals surface area (Å²) < 4.78 is 2.44. The number of rotatable bonds is 5. The molecule has 0 saturated heterocycles. The molecule has 10 rings (SSSR count). The van der Waals surface area contributed by atoms with Gasteiger partial charge in [-0.1, -0.05) is 152 Å². The minimum absolute atomic E-state index is 0.242. The highest BCUT2D eigenvalue weighted by atomic mass is 15.1. The Labute approximate surface area is 290 Å². The van der Waals surface area contributed by atoms with Crippen molar-refractivity contribution in [1.82, 2.24) is 14.5 Å². The summed E-state index contributed by atoms with van der Waals surface area (Å²) in [7, 11) is 0. The molecule has 3 heterocycles. The number of benzene rings is 6. The Morgan fingerprint density at radius 3 is 2.10 bits per heavy atom. The van der Waals surface area contributed by atoms with E-state index < -0.39 is 0 Å². The number of anilines is 1. The Balaban J connectivity index is 1.22. The molecule has 50 heavy (non-hydrogen) atoms. The fraction of sp³-hybridized carbons (Fsp3) is 0.0435. The smallest absolute Gasteiger partial charge is 0.160 e. The average Bonchev–Trinajstić information content (AvgIpc) is 3.74. The molecule has 4 heteroatoms. The SMILES string of the molecule is C1=CC2Nc3c(ccc4c5ccccc5n(-c5ccccc5-c5cc(-c6cccc(-c7ccccc7)c6)nc(-c6ccccc6)n5)c34)C2C=C1. The molecule has 4 nitrogen and oxygen atoms in total. The van der Waals surface area contributed by atoms with Gasteiger partial charge < -0.3 is 9.88 Å². The second-order valence-corrected chi connectivity index (χ2v) is 13.0. The van der Waals surface area contributed by atoms with Crippen molar-refractivity contribution in [3.05, 3.63) is 182 Å². The van der Waals surface area contributed by atoms with Crippen molar-refractivity contribution in [1.29, 1.82) is 0 Å². The van der Waals surface area contributed by atoms with Crippen LogP contribution in [0.1, 0.15) is 11.5 Å². The van der Waals surface area contributed by atoms with Crippen LogP contribution in [0.25, 0.3) is 72.5 Å². The van der Waals surface area contributed by atoms with Crippen LogP contribution >= 0.6 is 0 Å². The molecule has 0 amide bonds. The lowest BCUT2D eigenvalue weighted by Crippen LogP contribution is -2.17. The van der Waals surface area contributed by atoms with E-state index in [-0.39, 0.29) is 6.04 Å². The van der Waals surface area contributed by atoms with E-state index in [0.717, 1.165) is 39.3 Å². The standard InChI is InChI=1S/C46H32N4/c1-3-14-30(15-4-1)32-18-13-19-33(28-32)40-29-41(49-46(48-40)31-16-5-2-6-17-31)38-22-9-12-25-43(38)50-42-24-11-8-21-35(42)37-27-26-36-34-20-7-10-23-39(34)47-44(36)45(37)50/h1-29,34,39,47H. The summed E-state index contributed by atoms with van der Waals surface area (Å²) in [6.07, 6.45) is 8.91. The quantitative estimate of drug-likeness (QED) is 0.204. The van der Waals surface area contributed by atoms with Crippen LogP contribution in [-0.2, 0) is 0 Å². The predicted octanol–water partition coefficient (Wildman–Crippen LogP) is 11.2. The molecule has 2 unspecified atom stereocenters.